The van der Waals surface area contributed by atoms with Crippen LogP contribution < -0.4 is 26.0 Å². The number of amides is 2. The van der Waals surface area contributed by atoms with Crippen molar-refractivity contribution in [3.63, 3.8) is 0 Å². The van der Waals surface area contributed by atoms with Gasteiger partial charge in [-0.2, -0.15) is 4.98 Å². The highest BCUT2D eigenvalue weighted by molar-refractivity contribution is 6.10. The Bertz CT molecular complexity index is 1380. The van der Waals surface area contributed by atoms with E-state index >= 15 is 0 Å². The minimum absolute atomic E-state index is 0.00982. The van der Waals surface area contributed by atoms with Gasteiger partial charge >= 0.3 is 5.97 Å². The summed E-state index contributed by atoms with van der Waals surface area (Å²) in [5.41, 5.74) is 4.98. The van der Waals surface area contributed by atoms with Crippen molar-refractivity contribution < 1.29 is 33.4 Å². The molecule has 42 heavy (non-hydrogen) atoms. The number of aryl methyl sites for hydroxylation is 2. The molecular formula is C29H36N6O7. The lowest BCUT2D eigenvalue weighted by Gasteiger charge is -2.30. The van der Waals surface area contributed by atoms with E-state index < -0.39 is 35.0 Å². The zero-order valence-electron chi connectivity index (χ0n) is 24.1. The summed E-state index contributed by atoms with van der Waals surface area (Å²) in [6, 6.07) is 6.95. The molecule has 0 saturated carbocycles. The van der Waals surface area contributed by atoms with E-state index in [0.29, 0.717) is 54.8 Å². The number of nitrogens with one attached hydrogen (secondary N) is 2. The average molecular weight is 581 g/mol. The number of fused-ring (bicyclic) bond motifs is 1. The summed E-state index contributed by atoms with van der Waals surface area (Å²) in [5, 5.41) is 5.58. The normalized spacial score (nSPS) is 22.1. The predicted octanol–water partition coefficient (Wildman–Crippen LogP) is 0.912. The third kappa shape index (κ3) is 5.96. The van der Waals surface area contributed by atoms with E-state index in [-0.39, 0.29) is 31.4 Å². The van der Waals surface area contributed by atoms with E-state index in [9.17, 15) is 24.0 Å². The smallest absolute Gasteiger partial charge is 0.329 e. The van der Waals surface area contributed by atoms with Crippen LogP contribution in [-0.2, 0) is 30.3 Å². The van der Waals surface area contributed by atoms with Crippen molar-refractivity contribution in [2.45, 2.75) is 64.1 Å². The molecule has 224 valence electrons. The summed E-state index contributed by atoms with van der Waals surface area (Å²) in [5.74, 6) is -1.59. The summed E-state index contributed by atoms with van der Waals surface area (Å²) in [6.45, 7) is 6.98. The topological polar surface area (TPSA) is 193 Å². The van der Waals surface area contributed by atoms with Crippen molar-refractivity contribution in [2.24, 2.45) is 5.92 Å². The molecule has 2 aromatic rings. The fourth-order valence-electron chi connectivity index (χ4n) is 5.48. The molecular weight excluding hydrogens is 544 g/mol. The second-order valence-corrected chi connectivity index (χ2v) is 10.9. The first kappa shape index (κ1) is 30.6. The minimum atomic E-state index is -1.50. The van der Waals surface area contributed by atoms with Gasteiger partial charge in [0.05, 0.1) is 30.5 Å². The van der Waals surface area contributed by atoms with Crippen LogP contribution in [0.15, 0.2) is 24.3 Å². The highest BCUT2D eigenvalue weighted by Crippen LogP contribution is 2.47. The van der Waals surface area contributed by atoms with Crippen molar-refractivity contribution in [2.75, 3.05) is 30.3 Å². The van der Waals surface area contributed by atoms with Crippen molar-refractivity contribution in [3.05, 3.63) is 41.1 Å². The fraction of sp³-hybridized carbons (Fsp3) is 0.483. The number of benzene rings is 1. The van der Waals surface area contributed by atoms with Gasteiger partial charge in [0.25, 0.3) is 5.91 Å². The van der Waals surface area contributed by atoms with Crippen LogP contribution in [0.4, 0.5) is 11.6 Å². The monoisotopic (exact) mass is 580 g/mol. The van der Waals surface area contributed by atoms with E-state index in [0.717, 1.165) is 5.56 Å². The second-order valence-electron chi connectivity index (χ2n) is 10.9. The van der Waals surface area contributed by atoms with Gasteiger partial charge in [-0.05, 0) is 51.3 Å². The second kappa shape index (κ2) is 12.2. The number of hydrogen-bond acceptors (Lipinski definition) is 11. The van der Waals surface area contributed by atoms with Crippen LogP contribution in [0.3, 0.4) is 0 Å². The number of rotatable bonds is 13. The number of nitrogen functional groups attached to an aromatic ring is 1. The maximum Gasteiger partial charge on any atom is 0.329 e. The third-order valence-corrected chi connectivity index (χ3v) is 7.53. The van der Waals surface area contributed by atoms with Gasteiger partial charge in [0, 0.05) is 30.6 Å². The summed E-state index contributed by atoms with van der Waals surface area (Å²) >= 11 is 0. The lowest BCUT2D eigenvalue weighted by atomic mass is 9.81. The van der Waals surface area contributed by atoms with Crippen molar-refractivity contribution in [3.8, 4) is 5.88 Å². The number of carbonyl (C=O) groups excluding carboxylic acids is 5. The van der Waals surface area contributed by atoms with Crippen LogP contribution in [0.25, 0.3) is 0 Å². The highest BCUT2D eigenvalue weighted by Gasteiger charge is 2.75. The summed E-state index contributed by atoms with van der Waals surface area (Å²) in [6.07, 6.45) is 1.66. The molecule has 0 radical (unpaired) electrons. The highest BCUT2D eigenvalue weighted by atomic mass is 16.5. The minimum Gasteiger partial charge on any atom is -0.478 e. The molecule has 0 bridgehead atoms. The van der Waals surface area contributed by atoms with Gasteiger partial charge in [0.2, 0.25) is 17.7 Å². The summed E-state index contributed by atoms with van der Waals surface area (Å²) in [4.78, 5) is 72.5. The first-order chi connectivity index (χ1) is 20.0. The predicted molar refractivity (Wildman–Crippen MR) is 152 cm³/mol. The molecule has 1 saturated heterocycles. The van der Waals surface area contributed by atoms with Gasteiger partial charge in [-0.15, -0.1) is 0 Å². The molecule has 1 aromatic heterocycles. The average Bonchev–Trinajstić information content (AvgIpc) is 3.63. The number of ether oxygens (including phenoxy) is 2. The molecule has 2 aliphatic rings. The molecule has 4 rings (SSSR count). The molecule has 13 heteroatoms. The Kier molecular flexibility index (Phi) is 8.90. The number of carbonyl (C=O) groups is 5. The first-order valence-electron chi connectivity index (χ1n) is 13.8. The Hall–Kier alpha value is -4.39. The quantitative estimate of drug-likeness (QED) is 0.132. The molecule has 3 atom stereocenters. The number of aromatic nitrogens is 2. The van der Waals surface area contributed by atoms with E-state index in [4.69, 9.17) is 15.2 Å². The van der Waals surface area contributed by atoms with Gasteiger partial charge in [-0.25, -0.2) is 9.78 Å². The molecule has 3 heterocycles. The van der Waals surface area contributed by atoms with E-state index in [1.165, 1.54) is 4.90 Å². The van der Waals surface area contributed by atoms with Gasteiger partial charge in [-0.3, -0.25) is 14.9 Å². The Morgan fingerprint density at radius 1 is 1.19 bits per heavy atom. The standard InChI is InChI=1S/C29H36N6O7/c1-17(2)42-26(40)29(28(16-37,34-29)9-10-36)18(3)15-35-22-8-7-20(13-21(22)25(39)31-14-24(35)38)6-5-11-41-23-12-19(4)32-27(30)33-23/h7-8,10,12-13,16-18,34H,5-6,9,11,14-15H2,1-4H3,(H,31,39)(H2,30,32,33)/t18?,28?,29-/m0/s1. The van der Waals surface area contributed by atoms with Crippen molar-refractivity contribution >= 4 is 42.0 Å². The molecule has 2 aliphatic heterocycles. The van der Waals surface area contributed by atoms with Gasteiger partial charge in [-0.1, -0.05) is 13.0 Å². The molecule has 13 nitrogen and oxygen atoms in total. The lowest BCUT2D eigenvalue weighted by Crippen LogP contribution is -2.49. The molecule has 2 amide bonds. The SMILES string of the molecule is Cc1cc(OCCCc2ccc3c(c2)C(=O)NCC(=O)N3CC(C)[C@@]2(C(=O)OC(C)C)NC2(C=O)CC=O)nc(N)n1. The van der Waals surface area contributed by atoms with Crippen LogP contribution in [-0.4, -0.2) is 77.2 Å². The zero-order valence-corrected chi connectivity index (χ0v) is 24.1. The van der Waals surface area contributed by atoms with Crippen LogP contribution in [0.2, 0.25) is 0 Å². The van der Waals surface area contributed by atoms with Crippen molar-refractivity contribution in [1.82, 2.24) is 20.6 Å². The molecule has 1 fully saturated rings. The largest absolute Gasteiger partial charge is 0.478 e. The van der Waals surface area contributed by atoms with E-state index in [2.05, 4.69) is 20.6 Å². The molecule has 4 N–H and O–H groups in total. The summed E-state index contributed by atoms with van der Waals surface area (Å²) < 4.78 is 11.2. The Morgan fingerprint density at radius 3 is 2.62 bits per heavy atom. The molecule has 1 aromatic carbocycles. The van der Waals surface area contributed by atoms with E-state index in [1.807, 2.05) is 6.07 Å². The number of hydrogen-bond donors (Lipinski definition) is 3. The van der Waals surface area contributed by atoms with Gasteiger partial charge in [0.15, 0.2) is 0 Å². The number of nitrogens with two attached hydrogens (primary N) is 1. The lowest BCUT2D eigenvalue weighted by molar-refractivity contribution is -0.153. The zero-order chi connectivity index (χ0) is 30.7. The summed E-state index contributed by atoms with van der Waals surface area (Å²) in [7, 11) is 0. The Balaban J connectivity index is 1.53. The van der Waals surface area contributed by atoms with Crippen LogP contribution in [0.1, 0.15) is 55.2 Å². The molecule has 0 aliphatic carbocycles. The third-order valence-electron chi connectivity index (χ3n) is 7.53. The Labute approximate surface area is 243 Å². The molecule has 2 unspecified atom stereocenters. The number of anilines is 2. The number of esters is 1. The Morgan fingerprint density at radius 2 is 1.95 bits per heavy atom. The van der Waals surface area contributed by atoms with Crippen molar-refractivity contribution in [1.29, 1.82) is 0 Å². The van der Waals surface area contributed by atoms with Crippen LogP contribution >= 0.6 is 0 Å². The number of aldehydes is 2. The van der Waals surface area contributed by atoms with Gasteiger partial charge < -0.3 is 35.0 Å². The van der Waals surface area contributed by atoms with Crippen LogP contribution in [0, 0.1) is 12.8 Å². The fourth-order valence-corrected chi connectivity index (χ4v) is 5.48. The maximum atomic E-state index is 13.3. The van der Waals surface area contributed by atoms with E-state index in [1.54, 1.807) is 45.9 Å². The molecule has 0 spiro atoms. The van der Waals surface area contributed by atoms with Gasteiger partial charge in [0.1, 0.15) is 23.7 Å². The van der Waals surface area contributed by atoms with Crippen LogP contribution in [0.5, 0.6) is 5.88 Å². The first-order valence-corrected chi connectivity index (χ1v) is 13.8. The number of nitrogens with zero attached hydrogens (tertiary/aromatic N) is 3. The maximum absolute atomic E-state index is 13.3.